The Bertz CT molecular complexity index is 1010. The zero-order valence-corrected chi connectivity index (χ0v) is 15.0. The van der Waals surface area contributed by atoms with Gasteiger partial charge in [0.25, 0.3) is 11.8 Å². The molecule has 2 aliphatic heterocycles. The van der Waals surface area contributed by atoms with Crippen LogP contribution in [0.3, 0.4) is 0 Å². The van der Waals surface area contributed by atoms with Gasteiger partial charge in [0.05, 0.1) is 5.69 Å². The maximum Gasteiger partial charge on any atom is 0.263 e. The SMILES string of the molecule is O=C(CN1N=N[C@H]2C(=O)N(c3cccc(Cl)c3)C(=O)[C@@H]21)Nc1cccc(F)c1. The molecule has 0 saturated carbocycles. The van der Waals surface area contributed by atoms with E-state index in [9.17, 15) is 18.8 Å². The van der Waals surface area contributed by atoms with Crippen LogP contribution in [0.25, 0.3) is 0 Å². The van der Waals surface area contributed by atoms with Crippen molar-refractivity contribution < 1.29 is 18.8 Å². The van der Waals surface area contributed by atoms with E-state index in [1.165, 1.54) is 24.3 Å². The van der Waals surface area contributed by atoms with Crippen molar-refractivity contribution in [1.82, 2.24) is 5.01 Å². The summed E-state index contributed by atoms with van der Waals surface area (Å²) >= 11 is 5.94. The van der Waals surface area contributed by atoms with Crippen molar-refractivity contribution in [2.24, 2.45) is 10.3 Å². The highest BCUT2D eigenvalue weighted by Gasteiger charge is 2.55. The number of nitrogens with zero attached hydrogens (tertiary/aromatic N) is 4. The quantitative estimate of drug-likeness (QED) is 0.796. The molecule has 1 N–H and O–H groups in total. The van der Waals surface area contributed by atoms with Gasteiger partial charge >= 0.3 is 0 Å². The van der Waals surface area contributed by atoms with E-state index in [0.29, 0.717) is 10.7 Å². The Kier molecular flexibility index (Phi) is 4.52. The summed E-state index contributed by atoms with van der Waals surface area (Å²) in [5, 5.41) is 11.7. The summed E-state index contributed by atoms with van der Waals surface area (Å²) in [4.78, 5) is 38.7. The van der Waals surface area contributed by atoms with Crippen LogP contribution >= 0.6 is 11.6 Å². The Morgan fingerprint density at radius 2 is 1.93 bits per heavy atom. The second-order valence-electron chi connectivity index (χ2n) is 6.24. The Labute approximate surface area is 163 Å². The van der Waals surface area contributed by atoms with Gasteiger partial charge in [0.15, 0.2) is 12.1 Å². The molecule has 0 spiro atoms. The molecule has 142 valence electrons. The minimum Gasteiger partial charge on any atom is -0.324 e. The minimum atomic E-state index is -1.02. The van der Waals surface area contributed by atoms with Crippen LogP contribution in [0.4, 0.5) is 15.8 Å². The number of carbonyl (C=O) groups excluding carboxylic acids is 3. The van der Waals surface area contributed by atoms with Gasteiger partial charge in [-0.3, -0.25) is 19.4 Å². The molecule has 2 aromatic carbocycles. The average molecular weight is 402 g/mol. The van der Waals surface area contributed by atoms with Crippen molar-refractivity contribution in [2.45, 2.75) is 12.1 Å². The van der Waals surface area contributed by atoms with Gasteiger partial charge in [0.1, 0.15) is 12.4 Å². The summed E-state index contributed by atoms with van der Waals surface area (Å²) in [6.07, 6.45) is 0. The van der Waals surface area contributed by atoms with E-state index in [4.69, 9.17) is 11.6 Å². The second kappa shape index (κ2) is 7.01. The highest BCUT2D eigenvalue weighted by Crippen LogP contribution is 2.32. The van der Waals surface area contributed by atoms with Crippen molar-refractivity contribution in [1.29, 1.82) is 0 Å². The number of rotatable bonds is 4. The molecule has 0 aromatic heterocycles. The van der Waals surface area contributed by atoms with Gasteiger partial charge in [-0.2, -0.15) is 5.11 Å². The molecular weight excluding hydrogens is 389 g/mol. The molecule has 0 aliphatic carbocycles. The third-order valence-corrected chi connectivity index (χ3v) is 4.57. The molecule has 3 amide bonds. The molecule has 10 heteroatoms. The number of nitrogens with one attached hydrogen (secondary N) is 1. The standard InChI is InChI=1S/C18H13ClFN5O3/c19-10-3-1-6-13(7-10)25-17(27)15-16(18(25)28)24(23-22-15)9-14(26)21-12-5-2-4-11(20)8-12/h1-8,15-16H,9H2,(H,21,26)/t15-,16-/m1/s1. The lowest BCUT2D eigenvalue weighted by molar-refractivity contribution is -0.123. The number of hydrogen-bond donors (Lipinski definition) is 1. The molecule has 28 heavy (non-hydrogen) atoms. The molecule has 0 unspecified atom stereocenters. The number of imide groups is 1. The number of halogens is 2. The largest absolute Gasteiger partial charge is 0.324 e. The Morgan fingerprint density at radius 3 is 2.68 bits per heavy atom. The van der Waals surface area contributed by atoms with Gasteiger partial charge in [0.2, 0.25) is 5.91 Å². The highest BCUT2D eigenvalue weighted by molar-refractivity contribution is 6.31. The molecule has 0 bridgehead atoms. The van der Waals surface area contributed by atoms with E-state index in [0.717, 1.165) is 16.0 Å². The van der Waals surface area contributed by atoms with Crippen LogP contribution in [0, 0.1) is 5.82 Å². The monoisotopic (exact) mass is 401 g/mol. The first-order valence-corrected chi connectivity index (χ1v) is 8.68. The molecule has 1 fully saturated rings. The van der Waals surface area contributed by atoms with E-state index in [-0.39, 0.29) is 12.2 Å². The molecule has 1 saturated heterocycles. The number of fused-ring (bicyclic) bond motifs is 1. The lowest BCUT2D eigenvalue weighted by Crippen LogP contribution is -2.43. The predicted molar refractivity (Wildman–Crippen MR) is 98.1 cm³/mol. The van der Waals surface area contributed by atoms with Gasteiger partial charge < -0.3 is 5.32 Å². The van der Waals surface area contributed by atoms with Gasteiger partial charge in [0, 0.05) is 10.7 Å². The third-order valence-electron chi connectivity index (χ3n) is 4.34. The van der Waals surface area contributed by atoms with Crippen LogP contribution in [0.5, 0.6) is 0 Å². The summed E-state index contributed by atoms with van der Waals surface area (Å²) in [5.74, 6) is -2.09. The summed E-state index contributed by atoms with van der Waals surface area (Å²) in [5.41, 5.74) is 0.600. The Morgan fingerprint density at radius 1 is 1.14 bits per heavy atom. The molecular formula is C18H13ClFN5O3. The summed E-state index contributed by atoms with van der Waals surface area (Å²) < 4.78 is 13.2. The molecule has 2 heterocycles. The zero-order valence-electron chi connectivity index (χ0n) is 14.3. The molecule has 4 rings (SSSR count). The Hall–Kier alpha value is -3.33. The number of anilines is 2. The molecule has 2 aromatic rings. The lowest BCUT2D eigenvalue weighted by atomic mass is 10.1. The van der Waals surface area contributed by atoms with Gasteiger partial charge in [-0.15, -0.1) is 0 Å². The molecule has 2 aliphatic rings. The fourth-order valence-corrected chi connectivity index (χ4v) is 3.32. The summed E-state index contributed by atoms with van der Waals surface area (Å²) in [7, 11) is 0. The Balaban J connectivity index is 1.49. The summed E-state index contributed by atoms with van der Waals surface area (Å²) in [6, 6.07) is 9.70. The first-order valence-electron chi connectivity index (χ1n) is 8.30. The number of hydrogen-bond acceptors (Lipinski definition) is 6. The van der Waals surface area contributed by atoms with Crippen LogP contribution < -0.4 is 10.2 Å². The third kappa shape index (κ3) is 3.20. The fraction of sp³-hybridized carbons (Fsp3) is 0.167. The number of carbonyl (C=O) groups is 3. The van der Waals surface area contributed by atoms with Gasteiger partial charge in [-0.05, 0) is 36.4 Å². The minimum absolute atomic E-state index is 0.270. The lowest BCUT2D eigenvalue weighted by Gasteiger charge is -2.20. The first-order chi connectivity index (χ1) is 13.4. The van der Waals surface area contributed by atoms with Crippen molar-refractivity contribution in [3.05, 3.63) is 59.4 Å². The summed E-state index contributed by atoms with van der Waals surface area (Å²) in [6.45, 7) is -0.316. The average Bonchev–Trinajstić information content (AvgIpc) is 3.15. The van der Waals surface area contributed by atoms with Crippen molar-refractivity contribution in [3.63, 3.8) is 0 Å². The van der Waals surface area contributed by atoms with Crippen LogP contribution in [0.15, 0.2) is 58.9 Å². The first kappa shape index (κ1) is 18.1. The van der Waals surface area contributed by atoms with Crippen molar-refractivity contribution >= 4 is 40.7 Å². The smallest absolute Gasteiger partial charge is 0.263 e. The van der Waals surface area contributed by atoms with E-state index >= 15 is 0 Å². The maximum absolute atomic E-state index is 13.2. The topological polar surface area (TPSA) is 94.4 Å². The van der Waals surface area contributed by atoms with Crippen LogP contribution in [-0.2, 0) is 14.4 Å². The zero-order chi connectivity index (χ0) is 19.8. The van der Waals surface area contributed by atoms with Crippen LogP contribution in [0.2, 0.25) is 5.02 Å². The van der Waals surface area contributed by atoms with Crippen molar-refractivity contribution in [3.8, 4) is 0 Å². The van der Waals surface area contributed by atoms with Crippen LogP contribution in [0.1, 0.15) is 0 Å². The fourth-order valence-electron chi connectivity index (χ4n) is 3.14. The second-order valence-corrected chi connectivity index (χ2v) is 6.68. The van der Waals surface area contributed by atoms with Gasteiger partial charge in [-0.25, -0.2) is 9.29 Å². The van der Waals surface area contributed by atoms with E-state index in [1.54, 1.807) is 18.2 Å². The van der Waals surface area contributed by atoms with Crippen LogP contribution in [-0.4, -0.2) is 41.4 Å². The molecule has 2 atom stereocenters. The maximum atomic E-state index is 13.2. The number of amides is 3. The number of benzene rings is 2. The van der Waals surface area contributed by atoms with Crippen molar-refractivity contribution in [2.75, 3.05) is 16.8 Å². The normalized spacial score (nSPS) is 20.6. The van der Waals surface area contributed by atoms with E-state index in [1.807, 2.05) is 0 Å². The van der Waals surface area contributed by atoms with E-state index < -0.39 is 35.6 Å². The molecule has 8 nitrogen and oxygen atoms in total. The van der Waals surface area contributed by atoms with E-state index in [2.05, 4.69) is 15.7 Å². The highest BCUT2D eigenvalue weighted by atomic mass is 35.5. The van der Waals surface area contributed by atoms with Gasteiger partial charge in [-0.1, -0.05) is 29.0 Å². The molecule has 0 radical (unpaired) electrons. The predicted octanol–water partition coefficient (Wildman–Crippen LogP) is 2.41.